The molecule has 114 valence electrons. The summed E-state index contributed by atoms with van der Waals surface area (Å²) in [6.45, 7) is 0.878. The highest BCUT2D eigenvalue weighted by molar-refractivity contribution is 7.22. The number of benzene rings is 1. The van der Waals surface area contributed by atoms with Gasteiger partial charge in [0.2, 0.25) is 0 Å². The monoisotopic (exact) mass is 337 g/mol. The van der Waals surface area contributed by atoms with Gasteiger partial charge in [0, 0.05) is 22.3 Å². The van der Waals surface area contributed by atoms with Crippen LogP contribution in [0.15, 0.2) is 60.1 Å². The molecule has 0 fully saturated rings. The third-order valence-corrected chi connectivity index (χ3v) is 5.61. The van der Waals surface area contributed by atoms with E-state index >= 15 is 0 Å². The van der Waals surface area contributed by atoms with Crippen LogP contribution in [0.1, 0.15) is 4.88 Å². The Bertz CT molecular complexity index is 880. The molecule has 0 aliphatic heterocycles. The van der Waals surface area contributed by atoms with Crippen LogP contribution in [0, 0.1) is 0 Å². The van der Waals surface area contributed by atoms with Gasteiger partial charge in [0.1, 0.15) is 5.82 Å². The first kappa shape index (κ1) is 14.4. The van der Waals surface area contributed by atoms with Crippen LogP contribution in [0.2, 0.25) is 0 Å². The number of nitrogens with one attached hydrogen (secondary N) is 1. The molecule has 1 N–H and O–H groups in total. The van der Waals surface area contributed by atoms with Crippen molar-refractivity contribution < 1.29 is 0 Å². The van der Waals surface area contributed by atoms with Crippen LogP contribution in [0.4, 0.5) is 5.82 Å². The molecular formula is C18H15N3S2. The van der Waals surface area contributed by atoms with Crippen LogP contribution in [0.3, 0.4) is 0 Å². The maximum absolute atomic E-state index is 4.65. The van der Waals surface area contributed by atoms with Crippen molar-refractivity contribution in [1.29, 1.82) is 0 Å². The summed E-state index contributed by atoms with van der Waals surface area (Å²) < 4.78 is 1.27. The first-order chi connectivity index (χ1) is 11.4. The van der Waals surface area contributed by atoms with Crippen molar-refractivity contribution in [3.63, 3.8) is 0 Å². The lowest BCUT2D eigenvalue weighted by molar-refractivity contribution is 1.02. The lowest BCUT2D eigenvalue weighted by Gasteiger charge is -2.05. The molecule has 3 aromatic heterocycles. The minimum absolute atomic E-state index is 0.785. The standard InChI is InChI=1S/C18H15N3S2/c1-2-6-15-13(4-1)12-16(23-15)18-20-10-8-17(21-18)19-9-7-14-5-3-11-22-14/h1-6,8,10-12H,7,9H2,(H,19,20,21). The zero-order valence-electron chi connectivity index (χ0n) is 12.4. The van der Waals surface area contributed by atoms with E-state index in [1.807, 2.05) is 12.3 Å². The van der Waals surface area contributed by atoms with Crippen molar-refractivity contribution in [3.8, 4) is 10.7 Å². The van der Waals surface area contributed by atoms with Crippen molar-refractivity contribution >= 4 is 38.6 Å². The van der Waals surface area contributed by atoms with Crippen LogP contribution in [0.5, 0.6) is 0 Å². The number of hydrogen-bond acceptors (Lipinski definition) is 5. The molecular weight excluding hydrogens is 322 g/mol. The van der Waals surface area contributed by atoms with E-state index in [1.54, 1.807) is 22.7 Å². The van der Waals surface area contributed by atoms with Gasteiger partial charge in [-0.2, -0.15) is 0 Å². The number of thiophene rings is 2. The highest BCUT2D eigenvalue weighted by atomic mass is 32.1. The van der Waals surface area contributed by atoms with Crippen LogP contribution < -0.4 is 5.32 Å². The Morgan fingerprint density at radius 3 is 2.87 bits per heavy atom. The van der Waals surface area contributed by atoms with Gasteiger partial charge in [-0.1, -0.05) is 24.3 Å². The Hall–Kier alpha value is -2.24. The first-order valence-electron chi connectivity index (χ1n) is 7.47. The van der Waals surface area contributed by atoms with E-state index in [-0.39, 0.29) is 0 Å². The van der Waals surface area contributed by atoms with Gasteiger partial charge in [-0.3, -0.25) is 0 Å². The molecule has 0 radical (unpaired) electrons. The summed E-state index contributed by atoms with van der Waals surface area (Å²) in [5.74, 6) is 1.66. The molecule has 3 nitrogen and oxygen atoms in total. The number of anilines is 1. The van der Waals surface area contributed by atoms with E-state index in [0.29, 0.717) is 0 Å². The molecule has 0 unspecified atom stereocenters. The summed E-state index contributed by atoms with van der Waals surface area (Å²) in [5, 5.41) is 6.74. The largest absolute Gasteiger partial charge is 0.370 e. The van der Waals surface area contributed by atoms with Gasteiger partial charge < -0.3 is 5.32 Å². The zero-order valence-corrected chi connectivity index (χ0v) is 14.0. The van der Waals surface area contributed by atoms with E-state index in [9.17, 15) is 0 Å². The maximum Gasteiger partial charge on any atom is 0.171 e. The molecule has 0 amide bonds. The van der Waals surface area contributed by atoms with Gasteiger partial charge in [0.15, 0.2) is 5.82 Å². The predicted octanol–water partition coefficient (Wildman–Crippen LogP) is 5.07. The van der Waals surface area contributed by atoms with Crippen molar-refractivity contribution in [2.45, 2.75) is 6.42 Å². The summed E-state index contributed by atoms with van der Waals surface area (Å²) >= 11 is 3.52. The van der Waals surface area contributed by atoms with Crippen molar-refractivity contribution in [3.05, 3.63) is 65.0 Å². The van der Waals surface area contributed by atoms with Crippen LogP contribution in [0.25, 0.3) is 20.8 Å². The average molecular weight is 337 g/mol. The van der Waals surface area contributed by atoms with Crippen LogP contribution in [-0.2, 0) is 6.42 Å². The lowest BCUT2D eigenvalue weighted by Crippen LogP contribution is -2.06. The Morgan fingerprint density at radius 2 is 2.00 bits per heavy atom. The molecule has 1 aromatic carbocycles. The van der Waals surface area contributed by atoms with Gasteiger partial charge in [-0.15, -0.1) is 22.7 Å². The number of rotatable bonds is 5. The third kappa shape index (κ3) is 3.25. The van der Waals surface area contributed by atoms with Crippen LogP contribution in [-0.4, -0.2) is 16.5 Å². The minimum Gasteiger partial charge on any atom is -0.370 e. The highest BCUT2D eigenvalue weighted by Crippen LogP contribution is 2.31. The fourth-order valence-electron chi connectivity index (χ4n) is 2.44. The Labute approximate surface area is 142 Å². The Morgan fingerprint density at radius 1 is 1.04 bits per heavy atom. The van der Waals surface area contributed by atoms with E-state index in [2.05, 4.69) is 63.1 Å². The summed E-state index contributed by atoms with van der Waals surface area (Å²) in [6.07, 6.45) is 2.83. The molecule has 4 rings (SSSR count). The molecule has 0 aliphatic carbocycles. The molecule has 23 heavy (non-hydrogen) atoms. The molecule has 5 heteroatoms. The SMILES string of the molecule is c1csc(CCNc2ccnc(-c3cc4ccccc4s3)n2)c1. The number of hydrogen-bond donors (Lipinski definition) is 1. The van der Waals surface area contributed by atoms with Gasteiger partial charge in [0.25, 0.3) is 0 Å². The second-order valence-electron chi connectivity index (χ2n) is 5.17. The normalized spacial score (nSPS) is 11.0. The van der Waals surface area contributed by atoms with Crippen molar-refractivity contribution in [2.24, 2.45) is 0 Å². The number of aromatic nitrogens is 2. The maximum atomic E-state index is 4.65. The lowest BCUT2D eigenvalue weighted by atomic mass is 10.2. The summed E-state index contributed by atoms with van der Waals surface area (Å²) in [6, 6.07) is 16.7. The topological polar surface area (TPSA) is 37.8 Å². The van der Waals surface area contributed by atoms with Gasteiger partial charge in [-0.05, 0) is 41.5 Å². The zero-order chi connectivity index (χ0) is 15.5. The second kappa shape index (κ2) is 6.48. The predicted molar refractivity (Wildman–Crippen MR) is 99.4 cm³/mol. The molecule has 0 spiro atoms. The Balaban J connectivity index is 1.51. The summed E-state index contributed by atoms with van der Waals surface area (Å²) in [4.78, 5) is 11.6. The quantitative estimate of drug-likeness (QED) is 0.552. The van der Waals surface area contributed by atoms with Gasteiger partial charge in [-0.25, -0.2) is 9.97 Å². The second-order valence-corrected chi connectivity index (χ2v) is 7.29. The fourth-order valence-corrected chi connectivity index (χ4v) is 4.15. The summed E-state index contributed by atoms with van der Waals surface area (Å²) in [5.41, 5.74) is 0. The average Bonchev–Trinajstić information content (AvgIpc) is 3.24. The van der Waals surface area contributed by atoms with Crippen LogP contribution >= 0.6 is 22.7 Å². The Kier molecular flexibility index (Phi) is 4.05. The molecule has 0 atom stereocenters. The molecule has 0 bridgehead atoms. The minimum atomic E-state index is 0.785. The number of fused-ring (bicyclic) bond motifs is 1. The van der Waals surface area contributed by atoms with E-state index in [4.69, 9.17) is 0 Å². The van der Waals surface area contributed by atoms with Gasteiger partial charge >= 0.3 is 0 Å². The van der Waals surface area contributed by atoms with Crippen molar-refractivity contribution in [1.82, 2.24) is 9.97 Å². The van der Waals surface area contributed by atoms with Gasteiger partial charge in [0.05, 0.1) is 4.88 Å². The van der Waals surface area contributed by atoms with E-state index < -0.39 is 0 Å². The molecule has 0 saturated heterocycles. The van der Waals surface area contributed by atoms with E-state index in [0.717, 1.165) is 29.5 Å². The molecule has 0 saturated carbocycles. The first-order valence-corrected chi connectivity index (χ1v) is 9.16. The van der Waals surface area contributed by atoms with Crippen molar-refractivity contribution in [2.75, 3.05) is 11.9 Å². The summed E-state index contributed by atoms with van der Waals surface area (Å²) in [7, 11) is 0. The van der Waals surface area contributed by atoms with E-state index in [1.165, 1.54) is 15.0 Å². The fraction of sp³-hybridized carbons (Fsp3) is 0.111. The molecule has 4 aromatic rings. The third-order valence-electron chi connectivity index (χ3n) is 3.56. The number of nitrogens with zero attached hydrogens (tertiary/aromatic N) is 2. The highest BCUT2D eigenvalue weighted by Gasteiger charge is 2.07. The molecule has 0 aliphatic rings. The smallest absolute Gasteiger partial charge is 0.171 e. The molecule has 3 heterocycles.